The fourth-order valence-electron chi connectivity index (χ4n) is 1.49. The third kappa shape index (κ3) is 1.48. The van der Waals surface area contributed by atoms with Crippen LogP contribution in [0.3, 0.4) is 0 Å². The van der Waals surface area contributed by atoms with Crippen molar-refractivity contribution in [1.82, 2.24) is 0 Å². The van der Waals surface area contributed by atoms with Crippen LogP contribution in [0.1, 0.15) is 5.56 Å². The highest BCUT2D eigenvalue weighted by Gasteiger charge is 2.57. The van der Waals surface area contributed by atoms with E-state index in [0.29, 0.717) is 0 Å². The van der Waals surface area contributed by atoms with E-state index in [1.54, 1.807) is 0 Å². The topological polar surface area (TPSA) is 124 Å². The van der Waals surface area contributed by atoms with Crippen LogP contribution >= 0.6 is 0 Å². The molecule has 0 aromatic heterocycles. The number of benzene rings is 1. The second-order valence-electron chi connectivity index (χ2n) is 3.58. The SMILES string of the molecule is O=C(O)C(O)(O)C(=O)C1(O)Oc2ccc1cc2. The number of ketones is 1. The van der Waals surface area contributed by atoms with E-state index in [9.17, 15) is 14.7 Å². The number of carbonyl (C=O) groups excluding carboxylic acids is 1. The largest absolute Gasteiger partial charge is 0.477 e. The van der Waals surface area contributed by atoms with Crippen molar-refractivity contribution in [3.63, 3.8) is 0 Å². The molecule has 1 aromatic carbocycles. The second kappa shape index (κ2) is 3.27. The Bertz CT molecular complexity index is 490. The molecule has 4 N–H and O–H groups in total. The van der Waals surface area contributed by atoms with Gasteiger partial charge in [0.05, 0.1) is 0 Å². The molecule has 0 aliphatic carbocycles. The summed E-state index contributed by atoms with van der Waals surface area (Å²) in [6.07, 6.45) is 0. The van der Waals surface area contributed by atoms with Gasteiger partial charge in [-0.15, -0.1) is 0 Å². The highest BCUT2D eigenvalue weighted by Crippen LogP contribution is 2.35. The zero-order valence-corrected chi connectivity index (χ0v) is 8.32. The zero-order chi connectivity index (χ0) is 12.8. The molecule has 0 amide bonds. The fourth-order valence-corrected chi connectivity index (χ4v) is 1.49. The molecule has 3 rings (SSSR count). The number of carboxylic acid groups (broad SMARTS) is 1. The van der Waals surface area contributed by atoms with Gasteiger partial charge in [-0.05, 0) is 24.3 Å². The summed E-state index contributed by atoms with van der Waals surface area (Å²) in [5.74, 6) is -10.3. The number of ether oxygens (including phenoxy) is 1. The molecule has 0 saturated heterocycles. The van der Waals surface area contributed by atoms with E-state index in [1.165, 1.54) is 24.3 Å². The second-order valence-corrected chi connectivity index (χ2v) is 3.58. The lowest BCUT2D eigenvalue weighted by atomic mass is 9.93. The van der Waals surface area contributed by atoms with E-state index in [-0.39, 0.29) is 11.3 Å². The Morgan fingerprint density at radius 1 is 1.18 bits per heavy atom. The molecule has 0 radical (unpaired) electrons. The number of carbonyl (C=O) groups is 2. The zero-order valence-electron chi connectivity index (χ0n) is 8.32. The number of hydrogen-bond donors (Lipinski definition) is 4. The van der Waals surface area contributed by atoms with Gasteiger partial charge in [0.2, 0.25) is 0 Å². The van der Waals surface area contributed by atoms with Crippen LogP contribution in [0.25, 0.3) is 0 Å². The number of fused-ring (bicyclic) bond motifs is 3. The first kappa shape index (κ1) is 11.5. The smallest absolute Gasteiger partial charge is 0.372 e. The summed E-state index contributed by atoms with van der Waals surface area (Å²) >= 11 is 0. The lowest BCUT2D eigenvalue weighted by Crippen LogP contribution is -2.58. The molecule has 2 bridgehead atoms. The van der Waals surface area contributed by atoms with Crippen LogP contribution in [0.5, 0.6) is 5.75 Å². The normalized spacial score (nSPS) is 22.1. The summed E-state index contributed by atoms with van der Waals surface area (Å²) in [6, 6.07) is 5.51. The Balaban J connectivity index is 2.44. The van der Waals surface area contributed by atoms with E-state index >= 15 is 0 Å². The predicted molar refractivity (Wildman–Crippen MR) is 50.8 cm³/mol. The van der Waals surface area contributed by atoms with Crippen molar-refractivity contribution in [1.29, 1.82) is 0 Å². The van der Waals surface area contributed by atoms with Gasteiger partial charge in [-0.1, -0.05) is 0 Å². The summed E-state index contributed by atoms with van der Waals surface area (Å²) in [7, 11) is 0. The molecule has 1 unspecified atom stereocenters. The van der Waals surface area contributed by atoms with Gasteiger partial charge in [-0.2, -0.15) is 0 Å². The Labute approximate surface area is 94.5 Å². The van der Waals surface area contributed by atoms with Crippen molar-refractivity contribution in [2.45, 2.75) is 11.6 Å². The van der Waals surface area contributed by atoms with Crippen molar-refractivity contribution in [2.75, 3.05) is 0 Å². The van der Waals surface area contributed by atoms with Crippen molar-refractivity contribution in [3.05, 3.63) is 29.8 Å². The molecule has 2 aliphatic heterocycles. The van der Waals surface area contributed by atoms with Gasteiger partial charge in [0.25, 0.3) is 5.78 Å². The average Bonchev–Trinajstić information content (AvgIpc) is 2.29. The number of carboxylic acids is 1. The van der Waals surface area contributed by atoms with Gasteiger partial charge in [0, 0.05) is 5.56 Å². The quantitative estimate of drug-likeness (QED) is 0.376. The van der Waals surface area contributed by atoms with Gasteiger partial charge in [-0.3, -0.25) is 4.79 Å². The van der Waals surface area contributed by atoms with E-state index < -0.39 is 23.3 Å². The Morgan fingerprint density at radius 2 is 1.71 bits per heavy atom. The van der Waals surface area contributed by atoms with Crippen LogP contribution in [0.4, 0.5) is 0 Å². The molecule has 90 valence electrons. The maximum atomic E-state index is 11.6. The average molecular weight is 240 g/mol. The molecule has 7 heteroatoms. The van der Waals surface area contributed by atoms with Crippen molar-refractivity contribution >= 4 is 11.8 Å². The van der Waals surface area contributed by atoms with Crippen LogP contribution in [0.15, 0.2) is 24.3 Å². The highest BCUT2D eigenvalue weighted by atomic mass is 16.6. The lowest BCUT2D eigenvalue weighted by Gasteiger charge is -2.34. The highest BCUT2D eigenvalue weighted by molar-refractivity contribution is 6.08. The van der Waals surface area contributed by atoms with Crippen LogP contribution in [0, 0.1) is 0 Å². The van der Waals surface area contributed by atoms with E-state index in [4.69, 9.17) is 20.1 Å². The Morgan fingerprint density at radius 3 is 2.06 bits per heavy atom. The minimum Gasteiger partial charge on any atom is -0.477 e. The third-order valence-corrected chi connectivity index (χ3v) is 2.43. The lowest BCUT2D eigenvalue weighted by molar-refractivity contribution is -0.234. The fraction of sp³-hybridized carbons (Fsp3) is 0.200. The Kier molecular flexibility index (Phi) is 2.21. The van der Waals surface area contributed by atoms with Crippen LogP contribution in [-0.4, -0.2) is 38.0 Å². The van der Waals surface area contributed by atoms with Gasteiger partial charge in [-0.25, -0.2) is 4.79 Å². The van der Waals surface area contributed by atoms with E-state index in [2.05, 4.69) is 0 Å². The van der Waals surface area contributed by atoms with Gasteiger partial charge >= 0.3 is 17.5 Å². The van der Waals surface area contributed by atoms with Crippen LogP contribution < -0.4 is 4.74 Å². The number of hydrogen-bond acceptors (Lipinski definition) is 6. The van der Waals surface area contributed by atoms with Crippen molar-refractivity contribution < 1.29 is 34.8 Å². The first-order valence-corrected chi connectivity index (χ1v) is 4.53. The molecule has 7 nitrogen and oxygen atoms in total. The summed E-state index contributed by atoms with van der Waals surface area (Å²) < 4.78 is 4.80. The van der Waals surface area contributed by atoms with Crippen LogP contribution in [0.2, 0.25) is 0 Å². The number of rotatable bonds is 3. The summed E-state index contributed by atoms with van der Waals surface area (Å²) in [5, 5.41) is 36.6. The molecule has 17 heavy (non-hydrogen) atoms. The first-order valence-electron chi connectivity index (χ1n) is 4.53. The molecule has 2 aliphatic rings. The molecule has 0 fully saturated rings. The van der Waals surface area contributed by atoms with Crippen molar-refractivity contribution in [3.8, 4) is 5.75 Å². The Hall–Kier alpha value is -1.96. The monoisotopic (exact) mass is 240 g/mol. The van der Waals surface area contributed by atoms with Crippen LogP contribution in [-0.2, 0) is 15.4 Å². The van der Waals surface area contributed by atoms with Gasteiger partial charge in [0.1, 0.15) is 5.75 Å². The summed E-state index contributed by atoms with van der Waals surface area (Å²) in [5.41, 5.74) is -0.0776. The van der Waals surface area contributed by atoms with Gasteiger partial charge in [0.15, 0.2) is 0 Å². The maximum absolute atomic E-state index is 11.6. The van der Waals surface area contributed by atoms with E-state index in [1.807, 2.05) is 0 Å². The molecule has 0 saturated carbocycles. The molecular formula is C10H8O7. The number of Topliss-reactive ketones (excluding diaryl/α,β-unsaturated/α-hetero) is 1. The predicted octanol–water partition coefficient (Wildman–Crippen LogP) is -1.44. The molecular weight excluding hydrogens is 232 g/mol. The van der Waals surface area contributed by atoms with Gasteiger partial charge < -0.3 is 25.2 Å². The maximum Gasteiger partial charge on any atom is 0.372 e. The number of aliphatic hydroxyl groups is 3. The first-order chi connectivity index (χ1) is 7.78. The van der Waals surface area contributed by atoms with E-state index in [0.717, 1.165) is 0 Å². The van der Waals surface area contributed by atoms with Crippen molar-refractivity contribution in [2.24, 2.45) is 0 Å². The molecule has 1 aromatic rings. The minimum absolute atomic E-state index is 0.0776. The third-order valence-electron chi connectivity index (χ3n) is 2.43. The number of aliphatic carboxylic acids is 1. The molecule has 0 spiro atoms. The molecule has 1 atom stereocenters. The standard InChI is InChI=1S/C10H8O7/c11-7(9(14,15)8(12)13)10(16)5-1-3-6(17-10)4-2-5/h1-4,14-16H,(H,12,13). The summed E-state index contributed by atoms with van der Waals surface area (Å²) in [4.78, 5) is 22.1. The molecule has 2 heterocycles. The summed E-state index contributed by atoms with van der Waals surface area (Å²) in [6.45, 7) is 0. The minimum atomic E-state index is -3.72.